The number of halogens is 1. The van der Waals surface area contributed by atoms with Gasteiger partial charge in [0.05, 0.1) is 6.42 Å². The van der Waals surface area contributed by atoms with Gasteiger partial charge in [-0.05, 0) is 22.0 Å². The van der Waals surface area contributed by atoms with E-state index in [1.807, 2.05) is 0 Å². The Kier molecular flexibility index (Phi) is 5.57. The first-order chi connectivity index (χ1) is 8.49. The zero-order valence-electron chi connectivity index (χ0n) is 9.56. The molecule has 1 rings (SSSR count). The van der Waals surface area contributed by atoms with E-state index < -0.39 is 5.97 Å². The first kappa shape index (κ1) is 14.4. The summed E-state index contributed by atoms with van der Waals surface area (Å²) in [6.07, 6.45) is 1.63. The van der Waals surface area contributed by atoms with Crippen LogP contribution in [0.15, 0.2) is 27.6 Å². The second-order valence-electron chi connectivity index (χ2n) is 3.62. The molecular weight excluding hydrogens is 304 g/mol. The summed E-state index contributed by atoms with van der Waals surface area (Å²) < 4.78 is 2.18. The van der Waals surface area contributed by atoms with Crippen LogP contribution in [-0.2, 0) is 16.1 Å². The lowest BCUT2D eigenvalue weighted by Gasteiger charge is -2.06. The third-order valence-electron chi connectivity index (χ3n) is 2.19. The van der Waals surface area contributed by atoms with Crippen molar-refractivity contribution in [2.75, 3.05) is 6.54 Å². The Labute approximate surface area is 112 Å². The first-order valence-corrected chi connectivity index (χ1v) is 6.13. The Hall–Kier alpha value is -1.63. The lowest BCUT2D eigenvalue weighted by molar-refractivity contribution is -0.136. The fraction of sp³-hybridized carbons (Fsp3) is 0.364. The van der Waals surface area contributed by atoms with Crippen molar-refractivity contribution in [3.8, 4) is 0 Å². The average molecular weight is 317 g/mol. The highest BCUT2D eigenvalue weighted by molar-refractivity contribution is 9.10. The van der Waals surface area contributed by atoms with Gasteiger partial charge in [-0.3, -0.25) is 14.4 Å². The number of rotatable bonds is 6. The maximum Gasteiger partial charge on any atom is 0.305 e. The molecule has 0 aliphatic rings. The maximum atomic E-state index is 11.4. The van der Waals surface area contributed by atoms with Crippen molar-refractivity contribution in [1.29, 1.82) is 0 Å². The van der Waals surface area contributed by atoms with Gasteiger partial charge in [0.2, 0.25) is 5.91 Å². The highest BCUT2D eigenvalue weighted by Gasteiger charge is 2.04. The minimum Gasteiger partial charge on any atom is -0.481 e. The summed E-state index contributed by atoms with van der Waals surface area (Å²) in [6, 6.07) is 3.04. The Morgan fingerprint density at radius 3 is 2.72 bits per heavy atom. The van der Waals surface area contributed by atoms with E-state index in [4.69, 9.17) is 5.11 Å². The van der Waals surface area contributed by atoms with Crippen LogP contribution in [0.4, 0.5) is 0 Å². The van der Waals surface area contributed by atoms with Gasteiger partial charge in [0, 0.05) is 36.2 Å². The predicted molar refractivity (Wildman–Crippen MR) is 68.3 cm³/mol. The molecule has 0 unspecified atom stereocenters. The van der Waals surface area contributed by atoms with Crippen LogP contribution >= 0.6 is 15.9 Å². The number of carboxylic acids is 1. The van der Waals surface area contributed by atoms with Gasteiger partial charge in [0.15, 0.2) is 0 Å². The number of nitrogens with one attached hydrogen (secondary N) is 1. The molecule has 0 aliphatic heterocycles. The summed E-state index contributed by atoms with van der Waals surface area (Å²) >= 11 is 3.24. The van der Waals surface area contributed by atoms with Gasteiger partial charge in [0.1, 0.15) is 0 Å². The van der Waals surface area contributed by atoms with Crippen LogP contribution < -0.4 is 10.9 Å². The standard InChI is InChI=1S/C11H13BrN2O4/c12-8-1-2-10(16)14(7-8)6-4-9(15)13-5-3-11(17)18/h1-2,7H,3-6H2,(H,13,15)(H,17,18). The molecular formula is C11H13BrN2O4. The van der Waals surface area contributed by atoms with Crippen LogP contribution in [0.25, 0.3) is 0 Å². The molecule has 0 bridgehead atoms. The normalized spacial score (nSPS) is 10.1. The summed E-state index contributed by atoms with van der Waals surface area (Å²) in [5, 5.41) is 10.9. The second-order valence-corrected chi connectivity index (χ2v) is 4.54. The molecule has 18 heavy (non-hydrogen) atoms. The minimum absolute atomic E-state index is 0.0988. The van der Waals surface area contributed by atoms with E-state index in [2.05, 4.69) is 21.2 Å². The van der Waals surface area contributed by atoms with Crippen molar-refractivity contribution in [2.24, 2.45) is 0 Å². The summed E-state index contributed by atoms with van der Waals surface area (Å²) in [7, 11) is 0. The van der Waals surface area contributed by atoms with E-state index in [0.29, 0.717) is 0 Å². The Morgan fingerprint density at radius 2 is 2.06 bits per heavy atom. The van der Waals surface area contributed by atoms with Gasteiger partial charge in [-0.15, -0.1) is 0 Å². The Balaban J connectivity index is 2.40. The topological polar surface area (TPSA) is 88.4 Å². The smallest absolute Gasteiger partial charge is 0.305 e. The molecule has 0 saturated heterocycles. The highest BCUT2D eigenvalue weighted by atomic mass is 79.9. The Bertz CT molecular complexity index is 498. The molecule has 0 saturated carbocycles. The van der Waals surface area contributed by atoms with Crippen molar-refractivity contribution < 1.29 is 14.7 Å². The third kappa shape index (κ3) is 5.13. The van der Waals surface area contributed by atoms with E-state index in [-0.39, 0.29) is 37.4 Å². The van der Waals surface area contributed by atoms with Gasteiger partial charge >= 0.3 is 5.97 Å². The van der Waals surface area contributed by atoms with Crippen LogP contribution in [-0.4, -0.2) is 28.1 Å². The number of nitrogens with zero attached hydrogens (tertiary/aromatic N) is 1. The number of hydrogen-bond acceptors (Lipinski definition) is 3. The number of hydrogen-bond donors (Lipinski definition) is 2. The molecule has 1 aromatic rings. The van der Waals surface area contributed by atoms with Crippen molar-refractivity contribution in [2.45, 2.75) is 19.4 Å². The van der Waals surface area contributed by atoms with E-state index in [9.17, 15) is 14.4 Å². The second kappa shape index (κ2) is 6.95. The number of carbonyl (C=O) groups excluding carboxylic acids is 1. The minimum atomic E-state index is -0.960. The van der Waals surface area contributed by atoms with Gasteiger partial charge < -0.3 is 15.0 Å². The van der Waals surface area contributed by atoms with E-state index >= 15 is 0 Å². The van der Waals surface area contributed by atoms with Crippen LogP contribution in [0.2, 0.25) is 0 Å². The molecule has 2 N–H and O–H groups in total. The van der Waals surface area contributed by atoms with Gasteiger partial charge in [-0.25, -0.2) is 0 Å². The molecule has 1 aromatic heterocycles. The quantitative estimate of drug-likeness (QED) is 0.804. The molecule has 0 fully saturated rings. The summed E-state index contributed by atoms with van der Waals surface area (Å²) in [4.78, 5) is 33.0. The van der Waals surface area contributed by atoms with Crippen LogP contribution in [0.5, 0.6) is 0 Å². The molecule has 0 radical (unpaired) electrons. The first-order valence-electron chi connectivity index (χ1n) is 5.33. The van der Waals surface area contributed by atoms with Gasteiger partial charge in [0.25, 0.3) is 5.56 Å². The number of amides is 1. The lowest BCUT2D eigenvalue weighted by Crippen LogP contribution is -2.28. The van der Waals surface area contributed by atoms with Crippen LogP contribution in [0.3, 0.4) is 0 Å². The monoisotopic (exact) mass is 316 g/mol. The summed E-state index contributed by atoms with van der Waals surface area (Å²) in [6.45, 7) is 0.360. The maximum absolute atomic E-state index is 11.4. The van der Waals surface area contributed by atoms with Crippen molar-refractivity contribution >= 4 is 27.8 Å². The Morgan fingerprint density at radius 1 is 1.33 bits per heavy atom. The van der Waals surface area contributed by atoms with Crippen LogP contribution in [0.1, 0.15) is 12.8 Å². The van der Waals surface area contributed by atoms with E-state index in [0.717, 1.165) is 4.47 Å². The highest BCUT2D eigenvalue weighted by Crippen LogP contribution is 2.05. The van der Waals surface area contributed by atoms with E-state index in [1.165, 1.54) is 10.6 Å². The van der Waals surface area contributed by atoms with Gasteiger partial charge in [-0.2, -0.15) is 0 Å². The number of aromatic nitrogens is 1. The molecule has 1 heterocycles. The number of aryl methyl sites for hydroxylation is 1. The molecule has 0 aromatic carbocycles. The number of carboxylic acid groups (broad SMARTS) is 1. The number of carbonyl (C=O) groups is 2. The molecule has 6 nitrogen and oxygen atoms in total. The third-order valence-corrected chi connectivity index (χ3v) is 2.66. The molecule has 0 spiro atoms. The zero-order chi connectivity index (χ0) is 13.5. The van der Waals surface area contributed by atoms with Crippen molar-refractivity contribution in [1.82, 2.24) is 9.88 Å². The summed E-state index contributed by atoms with van der Waals surface area (Å²) in [5.41, 5.74) is -0.184. The van der Waals surface area contributed by atoms with E-state index in [1.54, 1.807) is 12.3 Å². The van der Waals surface area contributed by atoms with Crippen LogP contribution in [0, 0.1) is 0 Å². The largest absolute Gasteiger partial charge is 0.481 e. The molecule has 7 heteroatoms. The molecule has 98 valence electrons. The number of aliphatic carboxylic acids is 1. The lowest BCUT2D eigenvalue weighted by atomic mass is 10.3. The van der Waals surface area contributed by atoms with Gasteiger partial charge in [-0.1, -0.05) is 0 Å². The average Bonchev–Trinajstić information content (AvgIpc) is 2.30. The zero-order valence-corrected chi connectivity index (χ0v) is 11.1. The SMILES string of the molecule is O=C(O)CCNC(=O)CCn1cc(Br)ccc1=O. The molecule has 1 amide bonds. The summed E-state index contributed by atoms with van der Waals surface area (Å²) in [5.74, 6) is -1.23. The fourth-order valence-corrected chi connectivity index (χ4v) is 1.68. The predicted octanol–water partition coefficient (Wildman–Crippen LogP) is 0.592. The van der Waals surface area contributed by atoms with Crippen molar-refractivity contribution in [3.05, 3.63) is 33.2 Å². The molecule has 0 atom stereocenters. The number of pyridine rings is 1. The fourth-order valence-electron chi connectivity index (χ4n) is 1.30. The molecule has 0 aliphatic carbocycles. The van der Waals surface area contributed by atoms with Crippen molar-refractivity contribution in [3.63, 3.8) is 0 Å².